The number of benzene rings is 11. The summed E-state index contributed by atoms with van der Waals surface area (Å²) in [6, 6.07) is 88.8. The Bertz CT molecular complexity index is 3600. The van der Waals surface area contributed by atoms with Crippen LogP contribution in [-0.4, -0.2) is 4.57 Å². The topological polar surface area (TPSA) is 8.17 Å². The summed E-state index contributed by atoms with van der Waals surface area (Å²) in [5.74, 6) is 0. The monoisotopic (exact) mass is 788 g/mol. The molecule has 0 atom stereocenters. The Hall–Kier alpha value is -8.20. The summed E-state index contributed by atoms with van der Waals surface area (Å²) >= 11 is 0. The number of anilines is 3. The normalized spacial score (nSPS) is 11.5. The van der Waals surface area contributed by atoms with Crippen molar-refractivity contribution in [2.75, 3.05) is 4.90 Å². The molecule has 11 aromatic carbocycles. The van der Waals surface area contributed by atoms with Crippen molar-refractivity contribution in [1.82, 2.24) is 4.57 Å². The highest BCUT2D eigenvalue weighted by molar-refractivity contribution is 6.10. The SMILES string of the molecule is c1ccc(-n2c3ccccc3c3ccccc32)c(N(c2ccc(-c3ccc4ccccc4c3)cc2)c2cc(-c3ccc4ccccc4c3)ccc2-c2ccc3ccccc3c2)c1. The van der Waals surface area contributed by atoms with Crippen LogP contribution >= 0.6 is 0 Å². The third kappa shape index (κ3) is 6.12. The molecule has 1 heterocycles. The maximum atomic E-state index is 2.48. The van der Waals surface area contributed by atoms with Gasteiger partial charge < -0.3 is 9.47 Å². The van der Waals surface area contributed by atoms with Crippen LogP contribution in [0.5, 0.6) is 0 Å². The first-order valence-electron chi connectivity index (χ1n) is 21.3. The lowest BCUT2D eigenvalue weighted by atomic mass is 9.94. The van der Waals surface area contributed by atoms with Gasteiger partial charge in [-0.2, -0.15) is 0 Å². The third-order valence-electron chi connectivity index (χ3n) is 12.5. The highest BCUT2D eigenvalue weighted by Gasteiger charge is 2.24. The van der Waals surface area contributed by atoms with Crippen molar-refractivity contribution >= 4 is 71.2 Å². The van der Waals surface area contributed by atoms with Gasteiger partial charge in [0, 0.05) is 22.0 Å². The van der Waals surface area contributed by atoms with Gasteiger partial charge in [-0.05, 0) is 121 Å². The van der Waals surface area contributed by atoms with Crippen molar-refractivity contribution < 1.29 is 0 Å². The van der Waals surface area contributed by atoms with Crippen molar-refractivity contribution in [3.05, 3.63) is 243 Å². The molecule has 62 heavy (non-hydrogen) atoms. The Kier molecular flexibility index (Phi) is 8.53. The number of hydrogen-bond acceptors (Lipinski definition) is 1. The first kappa shape index (κ1) is 35.7. The number of aromatic nitrogens is 1. The molecule has 0 N–H and O–H groups in total. The molecule has 0 saturated carbocycles. The molecule has 0 aliphatic heterocycles. The van der Waals surface area contributed by atoms with Gasteiger partial charge in [-0.1, -0.05) is 182 Å². The van der Waals surface area contributed by atoms with Crippen molar-refractivity contribution in [1.29, 1.82) is 0 Å². The molecule has 0 amide bonds. The Labute approximate surface area is 360 Å². The average Bonchev–Trinajstić information content (AvgIpc) is 3.68. The van der Waals surface area contributed by atoms with Crippen molar-refractivity contribution in [3.8, 4) is 39.1 Å². The van der Waals surface area contributed by atoms with Crippen molar-refractivity contribution in [3.63, 3.8) is 0 Å². The maximum absolute atomic E-state index is 2.48. The third-order valence-corrected chi connectivity index (χ3v) is 12.5. The van der Waals surface area contributed by atoms with E-state index in [1.165, 1.54) is 70.8 Å². The second kappa shape index (κ2) is 14.8. The molecule has 0 aliphatic rings. The summed E-state index contributed by atoms with van der Waals surface area (Å²) in [5.41, 5.74) is 13.7. The lowest BCUT2D eigenvalue weighted by molar-refractivity contribution is 1.15. The predicted molar refractivity (Wildman–Crippen MR) is 264 cm³/mol. The molecule has 1 aromatic heterocycles. The van der Waals surface area contributed by atoms with Crippen LogP contribution in [-0.2, 0) is 0 Å². The second-order valence-electron chi connectivity index (χ2n) is 16.2. The molecule has 0 fully saturated rings. The second-order valence-corrected chi connectivity index (χ2v) is 16.2. The fourth-order valence-corrected chi connectivity index (χ4v) is 9.47. The van der Waals surface area contributed by atoms with E-state index in [2.05, 4.69) is 252 Å². The van der Waals surface area contributed by atoms with Crippen LogP contribution < -0.4 is 4.90 Å². The maximum Gasteiger partial charge on any atom is 0.0702 e. The van der Waals surface area contributed by atoms with Gasteiger partial charge in [0.2, 0.25) is 0 Å². The average molecular weight is 789 g/mol. The fourth-order valence-electron chi connectivity index (χ4n) is 9.47. The lowest BCUT2D eigenvalue weighted by Gasteiger charge is -2.31. The minimum absolute atomic E-state index is 1.07. The minimum atomic E-state index is 1.07. The van der Waals surface area contributed by atoms with E-state index in [-0.39, 0.29) is 0 Å². The number of para-hydroxylation sites is 4. The van der Waals surface area contributed by atoms with E-state index in [0.717, 1.165) is 39.4 Å². The van der Waals surface area contributed by atoms with E-state index in [0.29, 0.717) is 0 Å². The number of rotatable bonds is 7. The van der Waals surface area contributed by atoms with Crippen LogP contribution in [0.25, 0.3) is 93.2 Å². The molecule has 12 aromatic rings. The first-order valence-corrected chi connectivity index (χ1v) is 21.3. The van der Waals surface area contributed by atoms with Crippen molar-refractivity contribution in [2.24, 2.45) is 0 Å². The molecule has 0 spiro atoms. The molecule has 2 nitrogen and oxygen atoms in total. The first-order chi connectivity index (χ1) is 30.7. The Morgan fingerprint density at radius 3 is 1.29 bits per heavy atom. The van der Waals surface area contributed by atoms with Gasteiger partial charge in [0.15, 0.2) is 0 Å². The van der Waals surface area contributed by atoms with Gasteiger partial charge >= 0.3 is 0 Å². The molecule has 0 bridgehead atoms. The standard InChI is InChI=1S/C60H40N2/c1-4-16-45-37-48(28-25-41(45)13-1)44-31-34-52(35-32-44)61(58-23-11-12-24-59(58)62-56-21-9-7-19-54(56)55-20-8-10-22-57(55)62)60-40-50(49-29-26-42-14-2-5-17-46(42)38-49)33-36-53(60)51-30-27-43-15-3-6-18-47(43)39-51/h1-40H. The zero-order valence-corrected chi connectivity index (χ0v) is 34.0. The minimum Gasteiger partial charge on any atom is -0.308 e. The summed E-state index contributed by atoms with van der Waals surface area (Å²) in [7, 11) is 0. The van der Waals surface area contributed by atoms with E-state index in [9.17, 15) is 0 Å². The van der Waals surface area contributed by atoms with Crippen LogP contribution in [0.4, 0.5) is 17.1 Å². The molecule has 0 aliphatic carbocycles. The highest BCUT2D eigenvalue weighted by Crippen LogP contribution is 2.47. The molecule has 290 valence electrons. The summed E-state index contributed by atoms with van der Waals surface area (Å²) in [4.78, 5) is 2.48. The largest absolute Gasteiger partial charge is 0.308 e. The smallest absolute Gasteiger partial charge is 0.0702 e. The Balaban J connectivity index is 1.13. The van der Waals surface area contributed by atoms with E-state index in [1.807, 2.05) is 0 Å². The number of hydrogen-bond donors (Lipinski definition) is 0. The lowest BCUT2D eigenvalue weighted by Crippen LogP contribution is -2.14. The predicted octanol–water partition coefficient (Wildman–Crippen LogP) is 16.7. The van der Waals surface area contributed by atoms with Crippen LogP contribution in [0, 0.1) is 0 Å². The summed E-state index contributed by atoms with van der Waals surface area (Å²) < 4.78 is 2.44. The molecule has 0 saturated heterocycles. The molecule has 0 radical (unpaired) electrons. The zero-order chi connectivity index (χ0) is 41.0. The number of nitrogens with zero attached hydrogens (tertiary/aromatic N) is 2. The van der Waals surface area contributed by atoms with Crippen LogP contribution in [0.15, 0.2) is 243 Å². The van der Waals surface area contributed by atoms with Crippen LogP contribution in [0.1, 0.15) is 0 Å². The fraction of sp³-hybridized carbons (Fsp3) is 0. The van der Waals surface area contributed by atoms with E-state index in [4.69, 9.17) is 0 Å². The van der Waals surface area contributed by atoms with E-state index < -0.39 is 0 Å². The Morgan fingerprint density at radius 2 is 0.694 bits per heavy atom. The van der Waals surface area contributed by atoms with Crippen LogP contribution in [0.2, 0.25) is 0 Å². The summed E-state index contributed by atoms with van der Waals surface area (Å²) in [6.45, 7) is 0. The quantitative estimate of drug-likeness (QED) is 0.156. The summed E-state index contributed by atoms with van der Waals surface area (Å²) in [5, 5.41) is 9.85. The zero-order valence-electron chi connectivity index (χ0n) is 34.0. The molecular weight excluding hydrogens is 749 g/mol. The summed E-state index contributed by atoms with van der Waals surface area (Å²) in [6.07, 6.45) is 0. The van der Waals surface area contributed by atoms with Gasteiger partial charge in [0.25, 0.3) is 0 Å². The van der Waals surface area contributed by atoms with Crippen molar-refractivity contribution in [2.45, 2.75) is 0 Å². The molecule has 2 heteroatoms. The van der Waals surface area contributed by atoms with E-state index in [1.54, 1.807) is 0 Å². The van der Waals surface area contributed by atoms with Gasteiger partial charge in [-0.3, -0.25) is 0 Å². The van der Waals surface area contributed by atoms with E-state index >= 15 is 0 Å². The molecular formula is C60H40N2. The van der Waals surface area contributed by atoms with Gasteiger partial charge in [-0.25, -0.2) is 0 Å². The molecule has 12 rings (SSSR count). The number of fused-ring (bicyclic) bond motifs is 6. The molecule has 0 unspecified atom stereocenters. The van der Waals surface area contributed by atoms with Gasteiger partial charge in [0.05, 0.1) is 28.1 Å². The van der Waals surface area contributed by atoms with Gasteiger partial charge in [0.1, 0.15) is 0 Å². The highest BCUT2D eigenvalue weighted by atomic mass is 15.2. The van der Waals surface area contributed by atoms with Crippen LogP contribution in [0.3, 0.4) is 0 Å². The Morgan fingerprint density at radius 1 is 0.274 bits per heavy atom. The van der Waals surface area contributed by atoms with Gasteiger partial charge in [-0.15, -0.1) is 0 Å².